The van der Waals surface area contributed by atoms with Crippen LogP contribution in [0.3, 0.4) is 0 Å². The Bertz CT molecular complexity index is 1960. The van der Waals surface area contributed by atoms with E-state index in [0.29, 0.717) is 34.4 Å². The van der Waals surface area contributed by atoms with Gasteiger partial charge in [0.2, 0.25) is 0 Å². The molecule has 47 heavy (non-hydrogen) atoms. The Kier molecular flexibility index (Phi) is 12.4. The van der Waals surface area contributed by atoms with Crippen molar-refractivity contribution in [2.75, 3.05) is 20.3 Å². The molecule has 2 aromatic carbocycles. The van der Waals surface area contributed by atoms with E-state index < -0.39 is 5.97 Å². The second-order valence-corrected chi connectivity index (χ2v) is 11.1. The van der Waals surface area contributed by atoms with E-state index in [2.05, 4.69) is 20.2 Å². The third-order valence-corrected chi connectivity index (χ3v) is 7.27. The number of hydrogen-bond acceptors (Lipinski definition) is 8. The van der Waals surface area contributed by atoms with Crippen molar-refractivity contribution in [1.29, 1.82) is 0 Å². The maximum Gasteiger partial charge on any atom is 0.337 e. The van der Waals surface area contributed by atoms with Gasteiger partial charge in [0.15, 0.2) is 0 Å². The van der Waals surface area contributed by atoms with Crippen molar-refractivity contribution < 1.29 is 24.2 Å². The van der Waals surface area contributed by atoms with Crippen LogP contribution in [-0.2, 0) is 22.6 Å². The molecule has 1 saturated heterocycles. The minimum atomic E-state index is -0.967. The molecule has 13 heteroatoms. The zero-order valence-corrected chi connectivity index (χ0v) is 26.4. The van der Waals surface area contributed by atoms with Crippen molar-refractivity contribution in [2.45, 2.75) is 33.4 Å². The molecule has 0 amide bonds. The zero-order valence-electron chi connectivity index (χ0n) is 24.8. The number of esters is 1. The van der Waals surface area contributed by atoms with E-state index in [9.17, 15) is 9.59 Å². The summed E-state index contributed by atoms with van der Waals surface area (Å²) in [7, 11) is 1.35. The summed E-state index contributed by atoms with van der Waals surface area (Å²) in [6, 6.07) is 17.3. The van der Waals surface area contributed by atoms with Gasteiger partial charge >= 0.3 is 11.9 Å². The minimum Gasteiger partial charge on any atom is -0.478 e. The van der Waals surface area contributed by atoms with Crippen molar-refractivity contribution in [3.05, 3.63) is 118 Å². The van der Waals surface area contributed by atoms with E-state index >= 15 is 0 Å². The average molecular weight is 678 g/mol. The molecule has 0 atom stereocenters. The summed E-state index contributed by atoms with van der Waals surface area (Å²) >= 11 is 11.9. The molecule has 1 aliphatic rings. The van der Waals surface area contributed by atoms with E-state index in [1.165, 1.54) is 32.2 Å². The number of fused-ring (bicyclic) bond motifs is 2. The second kappa shape index (κ2) is 16.6. The van der Waals surface area contributed by atoms with Gasteiger partial charge in [-0.1, -0.05) is 30.6 Å². The van der Waals surface area contributed by atoms with Crippen LogP contribution in [0, 0.1) is 0 Å². The van der Waals surface area contributed by atoms with E-state index in [-0.39, 0.29) is 19.0 Å². The molecule has 0 aliphatic carbocycles. The number of carboxylic acid groups (broad SMARTS) is 1. The van der Waals surface area contributed by atoms with Crippen molar-refractivity contribution in [3.8, 4) is 0 Å². The molecule has 6 aromatic rings. The normalized spacial score (nSPS) is 12.0. The number of halogens is 2. The number of rotatable bonds is 6. The number of pyridine rings is 2. The second-order valence-electron chi connectivity index (χ2n) is 10.2. The molecule has 0 saturated carbocycles. The van der Waals surface area contributed by atoms with Crippen LogP contribution in [0.15, 0.2) is 85.5 Å². The Morgan fingerprint density at radius 1 is 0.787 bits per heavy atom. The third kappa shape index (κ3) is 9.82. The predicted octanol–water partition coefficient (Wildman–Crippen LogP) is 7.18. The summed E-state index contributed by atoms with van der Waals surface area (Å²) < 4.78 is 13.1. The molecule has 244 valence electrons. The Morgan fingerprint density at radius 3 is 1.72 bits per heavy atom. The quantitative estimate of drug-likeness (QED) is 0.182. The van der Waals surface area contributed by atoms with Crippen molar-refractivity contribution in [2.24, 2.45) is 0 Å². The first-order chi connectivity index (χ1) is 22.3. The van der Waals surface area contributed by atoms with Crippen molar-refractivity contribution in [1.82, 2.24) is 29.5 Å². The zero-order chi connectivity index (χ0) is 32.5. The molecule has 0 radical (unpaired) electrons. The van der Waals surface area contributed by atoms with Gasteiger partial charge in [0.1, 0.15) is 0 Å². The van der Waals surface area contributed by atoms with Gasteiger partial charge in [-0.15, -0.1) is 0 Å². The highest BCUT2D eigenvalue weighted by molar-refractivity contribution is 6.31. The van der Waals surface area contributed by atoms with E-state index in [4.69, 9.17) is 37.8 Å². The molecule has 4 aromatic heterocycles. The summed E-state index contributed by atoms with van der Waals surface area (Å²) in [5.74, 6) is -1.35. The number of aromatic nitrogens is 6. The monoisotopic (exact) mass is 676 g/mol. The first-order valence-electron chi connectivity index (χ1n) is 14.3. The molecule has 11 nitrogen and oxygen atoms in total. The first-order valence-corrected chi connectivity index (χ1v) is 15.1. The number of hydrogen-bond donors (Lipinski definition) is 1. The molecule has 0 unspecified atom stereocenters. The summed E-state index contributed by atoms with van der Waals surface area (Å²) in [4.78, 5) is 30.8. The van der Waals surface area contributed by atoms with Crippen LogP contribution in [0.25, 0.3) is 21.8 Å². The number of aromatic carboxylic acids is 1. The van der Waals surface area contributed by atoms with E-state index in [1.54, 1.807) is 45.9 Å². The maximum atomic E-state index is 11.5. The van der Waals surface area contributed by atoms with Crippen molar-refractivity contribution >= 4 is 56.9 Å². The highest BCUT2D eigenvalue weighted by atomic mass is 35.5. The smallest absolute Gasteiger partial charge is 0.337 e. The summed E-state index contributed by atoms with van der Waals surface area (Å²) in [6.07, 6.45) is 9.38. The molecule has 1 N–H and O–H groups in total. The van der Waals surface area contributed by atoms with Crippen LogP contribution in [0.2, 0.25) is 10.0 Å². The fraction of sp³-hybridized carbons (Fsp3) is 0.235. The largest absolute Gasteiger partial charge is 0.478 e. The standard InChI is InChI=1S/C15H12ClN3O2.C14H10ClN3O2.C4H8O.CH4/c1-21-15(20)10-4-5-17-13(7-10)9-19-8-11-6-12(16)2-3-14(11)18-19;15-11-1-2-13-10(5-11)7-18(17-13)8-12-6-9(14(19)20)3-4-16-12;1-2-4-5-3-1;/h2-8H,9H2,1H3;1-7H,8H2,(H,19,20);1-4H2;1H4. The molecular formula is C34H34Cl2N6O5. The number of carboxylic acids is 1. The van der Waals surface area contributed by atoms with Crippen LogP contribution in [0.5, 0.6) is 0 Å². The maximum absolute atomic E-state index is 11.5. The molecule has 0 bridgehead atoms. The van der Waals surface area contributed by atoms with Crippen LogP contribution >= 0.6 is 23.2 Å². The Balaban J connectivity index is 0.000000182. The number of methoxy groups -OCH3 is 1. The number of nitrogens with zero attached hydrogens (tertiary/aromatic N) is 6. The average Bonchev–Trinajstić information content (AvgIpc) is 3.83. The summed E-state index contributed by atoms with van der Waals surface area (Å²) in [5.41, 5.74) is 3.77. The van der Waals surface area contributed by atoms with Crippen LogP contribution < -0.4 is 0 Å². The first kappa shape index (κ1) is 35.0. The number of ether oxygens (including phenoxy) is 2. The minimum absolute atomic E-state index is 0. The Labute approximate surface area is 281 Å². The fourth-order valence-corrected chi connectivity index (χ4v) is 4.97. The predicted molar refractivity (Wildman–Crippen MR) is 181 cm³/mol. The van der Waals surface area contributed by atoms with Crippen LogP contribution in [-0.4, -0.2) is 66.9 Å². The van der Waals surface area contributed by atoms with Crippen LogP contribution in [0.1, 0.15) is 52.4 Å². The molecule has 7 rings (SSSR count). The lowest BCUT2D eigenvalue weighted by atomic mass is 10.2. The fourth-order valence-electron chi connectivity index (χ4n) is 4.61. The number of carbonyl (C=O) groups is 2. The van der Waals surface area contributed by atoms with Gasteiger partial charge < -0.3 is 14.6 Å². The van der Waals surface area contributed by atoms with Gasteiger partial charge in [-0.2, -0.15) is 10.2 Å². The van der Waals surface area contributed by atoms with Gasteiger partial charge in [-0.25, -0.2) is 9.59 Å². The Hall–Kier alpha value is -4.84. The highest BCUT2D eigenvalue weighted by Crippen LogP contribution is 2.19. The highest BCUT2D eigenvalue weighted by Gasteiger charge is 2.09. The topological polar surface area (TPSA) is 134 Å². The van der Waals surface area contributed by atoms with Gasteiger partial charge in [-0.05, 0) is 73.5 Å². The lowest BCUT2D eigenvalue weighted by molar-refractivity contribution is 0.0599. The van der Waals surface area contributed by atoms with Gasteiger partial charge in [-0.3, -0.25) is 19.3 Å². The molecular weight excluding hydrogens is 643 g/mol. The summed E-state index contributed by atoms with van der Waals surface area (Å²) in [6.45, 7) is 2.88. The Morgan fingerprint density at radius 2 is 1.28 bits per heavy atom. The molecule has 1 aliphatic heterocycles. The number of benzene rings is 2. The molecule has 5 heterocycles. The van der Waals surface area contributed by atoms with E-state index in [0.717, 1.165) is 40.7 Å². The van der Waals surface area contributed by atoms with E-state index in [1.807, 2.05) is 36.7 Å². The lowest BCUT2D eigenvalue weighted by Crippen LogP contribution is -2.06. The summed E-state index contributed by atoms with van der Waals surface area (Å²) in [5, 5.41) is 21.0. The van der Waals surface area contributed by atoms with Gasteiger partial charge in [0.05, 0.1) is 53.7 Å². The molecule has 0 spiro atoms. The third-order valence-electron chi connectivity index (χ3n) is 6.80. The SMILES string of the molecule is C.C1CCOC1.COC(=O)c1ccnc(Cn2cc3cc(Cl)ccc3n2)c1.O=C(O)c1ccnc(Cn2cc3cc(Cl)ccc3n2)c1. The molecule has 1 fully saturated rings. The van der Waals surface area contributed by atoms with Gasteiger partial charge in [0.25, 0.3) is 0 Å². The number of carbonyl (C=O) groups excluding carboxylic acids is 1. The van der Waals surface area contributed by atoms with Crippen LogP contribution in [0.4, 0.5) is 0 Å². The lowest BCUT2D eigenvalue weighted by Gasteiger charge is -2.03. The van der Waals surface area contributed by atoms with Crippen molar-refractivity contribution in [3.63, 3.8) is 0 Å². The van der Waals surface area contributed by atoms with Gasteiger partial charge in [0, 0.05) is 58.8 Å².